The number of hydrogen-bond donors (Lipinski definition) is 1. The molecule has 2 unspecified atom stereocenters. The Bertz CT molecular complexity index is 862. The molecule has 0 aliphatic heterocycles. The molecule has 4 rings (SSSR count). The smallest absolute Gasteiger partial charge is 0.305 e. The van der Waals surface area contributed by atoms with Gasteiger partial charge in [0.1, 0.15) is 0 Å². The van der Waals surface area contributed by atoms with Crippen LogP contribution in [0.4, 0.5) is 0 Å². The zero-order valence-corrected chi connectivity index (χ0v) is 17.9. The van der Waals surface area contributed by atoms with Gasteiger partial charge in [0.2, 0.25) is 0 Å². The summed E-state index contributed by atoms with van der Waals surface area (Å²) in [5, 5.41) is 10.7. The molecule has 0 radical (unpaired) electrons. The monoisotopic (exact) mass is 397 g/mol. The van der Waals surface area contributed by atoms with E-state index in [0.717, 1.165) is 32.1 Å². The highest BCUT2D eigenvalue weighted by molar-refractivity contribution is 5.69. The molecule has 4 aliphatic carbocycles. The van der Waals surface area contributed by atoms with Crippen molar-refractivity contribution in [2.45, 2.75) is 97.3 Å². The van der Waals surface area contributed by atoms with Crippen molar-refractivity contribution < 1.29 is 24.2 Å². The predicted molar refractivity (Wildman–Crippen MR) is 112 cm³/mol. The molecular weight excluding hydrogens is 348 g/mol. The van der Waals surface area contributed by atoms with E-state index < -0.39 is 42.5 Å². The standard InChI is InChI=1S/C25H42O3/c1-16(5-10-23(27)28-4)20-8-9-21-19-7-6-17-15-18(26)11-13-24(17,2)22(19)12-14-25(20,21)3/h16-22,26H,5-15H2,1-4H3/t16-,17-,18-,19+,20?,21+,22?,24+,25-/m1/s1/i10D2,11D2,15D2,18D. The first-order valence-electron chi connectivity index (χ1n) is 14.7. The Labute approximate surface area is 181 Å². The minimum absolute atomic E-state index is 0.00115. The van der Waals surface area contributed by atoms with Crippen LogP contribution in [0.2, 0.25) is 0 Å². The quantitative estimate of drug-likeness (QED) is 0.628. The van der Waals surface area contributed by atoms with Crippen LogP contribution in [0.15, 0.2) is 0 Å². The molecular formula is C25H42O3. The van der Waals surface area contributed by atoms with Crippen molar-refractivity contribution in [3.05, 3.63) is 0 Å². The molecule has 1 N–H and O–H groups in total. The molecule has 0 saturated heterocycles. The van der Waals surface area contributed by atoms with Crippen LogP contribution in [-0.2, 0) is 9.53 Å². The summed E-state index contributed by atoms with van der Waals surface area (Å²) < 4.78 is 63.6. The van der Waals surface area contributed by atoms with Crippen LogP contribution >= 0.6 is 0 Å². The maximum atomic E-state index is 12.0. The van der Waals surface area contributed by atoms with Crippen LogP contribution in [0.25, 0.3) is 0 Å². The molecule has 9 atom stereocenters. The van der Waals surface area contributed by atoms with E-state index in [1.807, 2.05) is 13.8 Å². The van der Waals surface area contributed by atoms with Crippen molar-refractivity contribution >= 4 is 5.97 Å². The van der Waals surface area contributed by atoms with Gasteiger partial charge in [0.25, 0.3) is 0 Å². The molecule has 0 aromatic heterocycles. The summed E-state index contributed by atoms with van der Waals surface area (Å²) in [5.41, 5.74) is -0.629. The van der Waals surface area contributed by atoms with Gasteiger partial charge in [-0.2, -0.15) is 0 Å². The summed E-state index contributed by atoms with van der Waals surface area (Å²) in [6.45, 7) is 6.36. The minimum atomic E-state index is -2.77. The lowest BCUT2D eigenvalue weighted by Crippen LogP contribution is -2.54. The average Bonchev–Trinajstić information content (AvgIpc) is 3.08. The maximum Gasteiger partial charge on any atom is 0.305 e. The van der Waals surface area contributed by atoms with E-state index in [2.05, 4.69) is 11.7 Å². The molecule has 0 spiro atoms. The lowest BCUT2D eigenvalue weighted by molar-refractivity contribution is -0.141. The van der Waals surface area contributed by atoms with Gasteiger partial charge >= 0.3 is 5.97 Å². The third-order valence-corrected chi connectivity index (χ3v) is 9.33. The van der Waals surface area contributed by atoms with Crippen molar-refractivity contribution in [1.82, 2.24) is 0 Å². The number of aliphatic hydroxyl groups is 1. The number of ether oxygens (including phenoxy) is 1. The van der Waals surface area contributed by atoms with Crippen molar-refractivity contribution in [1.29, 1.82) is 0 Å². The summed E-state index contributed by atoms with van der Waals surface area (Å²) >= 11 is 0. The summed E-state index contributed by atoms with van der Waals surface area (Å²) in [7, 11) is 1.22. The zero-order valence-electron chi connectivity index (χ0n) is 24.9. The minimum Gasteiger partial charge on any atom is -0.469 e. The number of hydrogen-bond acceptors (Lipinski definition) is 3. The van der Waals surface area contributed by atoms with Gasteiger partial charge in [-0.25, -0.2) is 0 Å². The number of fused-ring (bicyclic) bond motifs is 5. The number of esters is 1. The van der Waals surface area contributed by atoms with Gasteiger partial charge in [-0.15, -0.1) is 0 Å². The van der Waals surface area contributed by atoms with Gasteiger partial charge in [0.05, 0.1) is 14.6 Å². The lowest BCUT2D eigenvalue weighted by atomic mass is 9.44. The van der Waals surface area contributed by atoms with E-state index in [1.54, 1.807) is 0 Å². The normalized spacial score (nSPS) is 59.3. The fourth-order valence-electron chi connectivity index (χ4n) is 7.87. The molecule has 4 aliphatic rings. The SMILES string of the molecule is [2H]C([2H])(C[C@@H](C)C1CC[C@H]2[C@@H]3CC[C@@H]4C([2H])([2H])[C@]([2H])(O)C([2H])([2H])C[C@]4(C)C3CC[C@]12C)C(=O)OC. The van der Waals surface area contributed by atoms with E-state index in [-0.39, 0.29) is 36.0 Å². The van der Waals surface area contributed by atoms with E-state index in [9.17, 15) is 9.90 Å². The molecule has 0 amide bonds. The van der Waals surface area contributed by atoms with E-state index in [0.29, 0.717) is 18.3 Å². The third-order valence-electron chi connectivity index (χ3n) is 9.33. The maximum absolute atomic E-state index is 12.0. The lowest BCUT2D eigenvalue weighted by Gasteiger charge is -2.61. The Balaban J connectivity index is 1.59. The van der Waals surface area contributed by atoms with Crippen LogP contribution in [0, 0.1) is 46.3 Å². The van der Waals surface area contributed by atoms with E-state index >= 15 is 0 Å². The Hall–Kier alpha value is -0.570. The molecule has 160 valence electrons. The largest absolute Gasteiger partial charge is 0.469 e. The highest BCUT2D eigenvalue weighted by Crippen LogP contribution is 2.68. The van der Waals surface area contributed by atoms with Crippen molar-refractivity contribution in [3.8, 4) is 0 Å². The average molecular weight is 398 g/mol. The second kappa shape index (κ2) is 7.60. The highest BCUT2D eigenvalue weighted by Gasteiger charge is 2.60. The van der Waals surface area contributed by atoms with Gasteiger partial charge in [-0.05, 0) is 110 Å². The number of methoxy groups -OCH3 is 1. The molecule has 3 nitrogen and oxygen atoms in total. The third kappa shape index (κ3) is 3.24. The summed E-state index contributed by atoms with van der Waals surface area (Å²) in [5.74, 6) is -0.238. The van der Waals surface area contributed by atoms with Gasteiger partial charge in [-0.1, -0.05) is 20.8 Å². The Kier molecular flexibility index (Phi) is 3.71. The van der Waals surface area contributed by atoms with Crippen molar-refractivity contribution in [3.63, 3.8) is 0 Å². The molecule has 0 aromatic rings. The molecule has 0 heterocycles. The van der Waals surface area contributed by atoms with Gasteiger partial charge < -0.3 is 9.84 Å². The van der Waals surface area contributed by atoms with Crippen LogP contribution < -0.4 is 0 Å². The van der Waals surface area contributed by atoms with Gasteiger partial charge in [-0.3, -0.25) is 4.79 Å². The fourth-order valence-corrected chi connectivity index (χ4v) is 7.87. The summed E-state index contributed by atoms with van der Waals surface area (Å²) in [6.07, 6.45) is -4.24. The second-order valence-electron chi connectivity index (χ2n) is 10.4. The van der Waals surface area contributed by atoms with Crippen molar-refractivity contribution in [2.75, 3.05) is 7.11 Å². The van der Waals surface area contributed by atoms with Gasteiger partial charge in [0, 0.05) is 14.6 Å². The first-order chi connectivity index (χ1) is 15.9. The molecule has 0 aromatic carbocycles. The van der Waals surface area contributed by atoms with E-state index in [4.69, 9.17) is 9.60 Å². The number of rotatable bonds is 4. The Morgan fingerprint density at radius 2 is 1.96 bits per heavy atom. The van der Waals surface area contributed by atoms with Crippen LogP contribution in [-0.4, -0.2) is 24.3 Å². The first kappa shape index (κ1) is 13.7. The predicted octanol–water partition coefficient (Wildman–Crippen LogP) is 5.60. The molecule has 4 fully saturated rings. The fraction of sp³-hybridized carbons (Fsp3) is 0.960. The first-order valence-corrected chi connectivity index (χ1v) is 11.2. The summed E-state index contributed by atoms with van der Waals surface area (Å²) in [6, 6.07) is 0. The molecule has 0 bridgehead atoms. The second-order valence-corrected chi connectivity index (χ2v) is 10.4. The van der Waals surface area contributed by atoms with E-state index in [1.165, 1.54) is 7.11 Å². The van der Waals surface area contributed by atoms with Crippen LogP contribution in [0.1, 0.15) is 101 Å². The highest BCUT2D eigenvalue weighted by atomic mass is 16.5. The zero-order chi connectivity index (χ0) is 26.4. The van der Waals surface area contributed by atoms with Crippen LogP contribution in [0.3, 0.4) is 0 Å². The molecule has 4 saturated carbocycles. The van der Waals surface area contributed by atoms with Gasteiger partial charge in [0.15, 0.2) is 0 Å². The van der Waals surface area contributed by atoms with Crippen molar-refractivity contribution in [2.24, 2.45) is 46.3 Å². The molecule has 28 heavy (non-hydrogen) atoms. The Morgan fingerprint density at radius 1 is 1.21 bits per heavy atom. The molecule has 3 heteroatoms. The summed E-state index contributed by atoms with van der Waals surface area (Å²) in [4.78, 5) is 12.0. The number of carbonyl (C=O) groups excluding carboxylic acids is 1. The Morgan fingerprint density at radius 3 is 2.71 bits per heavy atom. The number of carbonyl (C=O) groups is 1. The van der Waals surface area contributed by atoms with Crippen LogP contribution in [0.5, 0.6) is 0 Å². The topological polar surface area (TPSA) is 46.5 Å².